The van der Waals surface area contributed by atoms with Crippen molar-refractivity contribution < 1.29 is 0 Å². The summed E-state index contributed by atoms with van der Waals surface area (Å²) in [6.45, 7) is 0. The standard InChI is InChI=1S/C7H9N9/c8-6(9)14-7(10)15-16-3-13-4-1-11-2-12-5(4)16/h1-3H,(H6,8,9,10,14,15). The third-order valence-electron chi connectivity index (χ3n) is 1.65. The quantitative estimate of drug-likeness (QED) is 0.380. The van der Waals surface area contributed by atoms with Crippen LogP contribution in [0.4, 0.5) is 0 Å². The molecular weight excluding hydrogens is 210 g/mol. The molecule has 2 heterocycles. The number of aromatic nitrogens is 4. The van der Waals surface area contributed by atoms with Crippen LogP contribution in [0.2, 0.25) is 0 Å². The van der Waals surface area contributed by atoms with Gasteiger partial charge in [0.05, 0.1) is 6.20 Å². The van der Waals surface area contributed by atoms with Crippen LogP contribution in [0.25, 0.3) is 11.2 Å². The number of aliphatic imine (C=N–C) groups is 1. The smallest absolute Gasteiger partial charge is 0.241 e. The molecule has 9 nitrogen and oxygen atoms in total. The van der Waals surface area contributed by atoms with E-state index < -0.39 is 0 Å². The maximum atomic E-state index is 5.47. The molecule has 6 N–H and O–H groups in total. The Bertz CT molecular complexity index is 562. The van der Waals surface area contributed by atoms with E-state index in [0.29, 0.717) is 11.2 Å². The maximum Gasteiger partial charge on any atom is 0.241 e. The number of hydrogen-bond donors (Lipinski definition) is 3. The zero-order valence-corrected chi connectivity index (χ0v) is 8.15. The molecule has 2 aromatic rings. The first-order valence-corrected chi connectivity index (χ1v) is 4.24. The van der Waals surface area contributed by atoms with Gasteiger partial charge >= 0.3 is 0 Å². The van der Waals surface area contributed by atoms with E-state index in [1.54, 1.807) is 6.20 Å². The predicted octanol–water partition coefficient (Wildman–Crippen LogP) is -1.82. The number of hydrogen-bond acceptors (Lipinski definition) is 4. The number of fused-ring (bicyclic) bond motifs is 1. The number of nitrogens with two attached hydrogens (primary N) is 3. The van der Waals surface area contributed by atoms with Crippen LogP contribution in [0, 0.1) is 0 Å². The molecule has 9 heteroatoms. The molecule has 2 aromatic heterocycles. The third kappa shape index (κ3) is 1.87. The number of rotatable bonds is 1. The van der Waals surface area contributed by atoms with Crippen molar-refractivity contribution >= 4 is 23.1 Å². The Morgan fingerprint density at radius 1 is 1.25 bits per heavy atom. The lowest BCUT2D eigenvalue weighted by Gasteiger charge is -1.95. The molecule has 0 amide bonds. The zero-order valence-electron chi connectivity index (χ0n) is 8.15. The van der Waals surface area contributed by atoms with E-state index in [4.69, 9.17) is 17.2 Å². The van der Waals surface area contributed by atoms with Gasteiger partial charge < -0.3 is 17.2 Å². The van der Waals surface area contributed by atoms with Gasteiger partial charge in [0, 0.05) is 0 Å². The van der Waals surface area contributed by atoms with Crippen LogP contribution >= 0.6 is 0 Å². The SMILES string of the molecule is NC(N)=NC(N)=Nn1cnc2cncnc21. The van der Waals surface area contributed by atoms with E-state index in [-0.39, 0.29) is 11.9 Å². The summed E-state index contributed by atoms with van der Waals surface area (Å²) in [5.41, 5.74) is 16.9. The van der Waals surface area contributed by atoms with Crippen molar-refractivity contribution in [3.05, 3.63) is 18.9 Å². The van der Waals surface area contributed by atoms with E-state index in [1.807, 2.05) is 0 Å². The zero-order chi connectivity index (χ0) is 11.5. The summed E-state index contributed by atoms with van der Waals surface area (Å²) < 4.78 is 1.36. The van der Waals surface area contributed by atoms with Crippen LogP contribution in [0.5, 0.6) is 0 Å². The summed E-state index contributed by atoms with van der Waals surface area (Å²) in [5.74, 6) is -0.252. The molecule has 0 saturated carbocycles. The van der Waals surface area contributed by atoms with Gasteiger partial charge in [0.15, 0.2) is 11.6 Å². The first-order valence-electron chi connectivity index (χ1n) is 4.24. The Hall–Kier alpha value is -2.71. The Morgan fingerprint density at radius 2 is 2.06 bits per heavy atom. The minimum Gasteiger partial charge on any atom is -0.370 e. The molecule has 0 atom stereocenters. The first-order chi connectivity index (χ1) is 7.66. The van der Waals surface area contributed by atoms with Gasteiger partial charge in [-0.05, 0) is 0 Å². The molecule has 0 spiro atoms. The van der Waals surface area contributed by atoms with Crippen molar-refractivity contribution in [1.82, 2.24) is 19.6 Å². The minimum atomic E-state index is -0.166. The summed E-state index contributed by atoms with van der Waals surface area (Å²) in [5, 5.41) is 3.90. The number of guanidine groups is 2. The Balaban J connectivity index is 2.45. The average Bonchev–Trinajstić information content (AvgIpc) is 2.61. The highest BCUT2D eigenvalue weighted by atomic mass is 15.4. The summed E-state index contributed by atoms with van der Waals surface area (Å²) in [4.78, 5) is 15.4. The minimum absolute atomic E-state index is 0.0853. The van der Waals surface area contributed by atoms with Crippen molar-refractivity contribution in [3.8, 4) is 0 Å². The fourth-order valence-corrected chi connectivity index (χ4v) is 1.09. The van der Waals surface area contributed by atoms with Crippen LogP contribution in [-0.4, -0.2) is 31.5 Å². The van der Waals surface area contributed by atoms with E-state index in [2.05, 4.69) is 25.0 Å². The third-order valence-corrected chi connectivity index (χ3v) is 1.65. The average molecular weight is 219 g/mol. The second-order valence-electron chi connectivity index (χ2n) is 2.82. The molecule has 16 heavy (non-hydrogen) atoms. The van der Waals surface area contributed by atoms with Crippen LogP contribution < -0.4 is 17.2 Å². The summed E-state index contributed by atoms with van der Waals surface area (Å²) in [7, 11) is 0. The second kappa shape index (κ2) is 3.81. The molecule has 0 aliphatic heterocycles. The Labute approximate surface area is 89.7 Å². The van der Waals surface area contributed by atoms with Gasteiger partial charge in [0.2, 0.25) is 5.96 Å². The molecule has 0 radical (unpaired) electrons. The van der Waals surface area contributed by atoms with Crippen molar-refractivity contribution in [2.75, 3.05) is 0 Å². The molecule has 0 fully saturated rings. The molecule has 0 aliphatic rings. The molecule has 82 valence electrons. The molecule has 0 unspecified atom stereocenters. The van der Waals surface area contributed by atoms with Gasteiger partial charge in [0.1, 0.15) is 18.2 Å². The Morgan fingerprint density at radius 3 is 2.81 bits per heavy atom. The summed E-state index contributed by atoms with van der Waals surface area (Å²) in [6.07, 6.45) is 4.38. The lowest BCUT2D eigenvalue weighted by molar-refractivity contribution is 0.884. The van der Waals surface area contributed by atoms with Gasteiger partial charge in [-0.1, -0.05) is 0 Å². The van der Waals surface area contributed by atoms with Gasteiger partial charge in [-0.2, -0.15) is 9.67 Å². The van der Waals surface area contributed by atoms with Crippen LogP contribution in [0.1, 0.15) is 0 Å². The second-order valence-corrected chi connectivity index (χ2v) is 2.82. The van der Waals surface area contributed by atoms with Crippen LogP contribution in [-0.2, 0) is 0 Å². The highest BCUT2D eigenvalue weighted by Gasteiger charge is 2.02. The number of imidazole rings is 1. The molecule has 2 rings (SSSR count). The highest BCUT2D eigenvalue weighted by Crippen LogP contribution is 2.06. The lowest BCUT2D eigenvalue weighted by atomic mass is 10.6. The monoisotopic (exact) mass is 219 g/mol. The van der Waals surface area contributed by atoms with Gasteiger partial charge in [-0.15, -0.1) is 5.10 Å². The van der Waals surface area contributed by atoms with Crippen molar-refractivity contribution in [2.45, 2.75) is 0 Å². The van der Waals surface area contributed by atoms with E-state index in [1.165, 1.54) is 17.3 Å². The van der Waals surface area contributed by atoms with Gasteiger partial charge in [0.25, 0.3) is 0 Å². The Kier molecular flexibility index (Phi) is 2.34. The topological polar surface area (TPSA) is 146 Å². The normalized spacial score (nSPS) is 11.6. The van der Waals surface area contributed by atoms with E-state index >= 15 is 0 Å². The van der Waals surface area contributed by atoms with E-state index in [0.717, 1.165) is 0 Å². The van der Waals surface area contributed by atoms with Crippen LogP contribution in [0.15, 0.2) is 28.9 Å². The van der Waals surface area contributed by atoms with Crippen molar-refractivity contribution in [2.24, 2.45) is 27.3 Å². The maximum absolute atomic E-state index is 5.47. The van der Waals surface area contributed by atoms with Gasteiger partial charge in [-0.3, -0.25) is 0 Å². The number of nitrogens with zero attached hydrogens (tertiary/aromatic N) is 6. The fraction of sp³-hybridized carbons (Fsp3) is 0. The molecule has 0 saturated heterocycles. The highest BCUT2D eigenvalue weighted by molar-refractivity contribution is 5.92. The molecule has 0 aromatic carbocycles. The van der Waals surface area contributed by atoms with Crippen molar-refractivity contribution in [1.29, 1.82) is 0 Å². The van der Waals surface area contributed by atoms with Gasteiger partial charge in [-0.25, -0.2) is 15.0 Å². The van der Waals surface area contributed by atoms with Crippen molar-refractivity contribution in [3.63, 3.8) is 0 Å². The fourth-order valence-electron chi connectivity index (χ4n) is 1.09. The van der Waals surface area contributed by atoms with Crippen LogP contribution in [0.3, 0.4) is 0 Å². The molecular formula is C7H9N9. The summed E-state index contributed by atoms with van der Waals surface area (Å²) in [6, 6.07) is 0. The largest absolute Gasteiger partial charge is 0.370 e. The summed E-state index contributed by atoms with van der Waals surface area (Å²) >= 11 is 0. The molecule has 0 aliphatic carbocycles. The lowest BCUT2D eigenvalue weighted by Crippen LogP contribution is -2.26. The van der Waals surface area contributed by atoms with E-state index in [9.17, 15) is 0 Å². The predicted molar refractivity (Wildman–Crippen MR) is 58.2 cm³/mol. The molecule has 0 bridgehead atoms. The first kappa shape index (κ1) is 9.83.